The van der Waals surface area contributed by atoms with Crippen LogP contribution in [0.5, 0.6) is 0 Å². The van der Waals surface area contributed by atoms with Crippen molar-refractivity contribution in [2.24, 2.45) is 0 Å². The van der Waals surface area contributed by atoms with Gasteiger partial charge in [0.15, 0.2) is 0 Å². The van der Waals surface area contributed by atoms with Crippen molar-refractivity contribution in [2.45, 2.75) is 9.79 Å². The molecule has 53 heavy (non-hydrogen) atoms. The summed E-state index contributed by atoms with van der Waals surface area (Å²) < 4.78 is 154. The smallest absolute Gasteiger partial charge is 0.311 e. The molecule has 0 fully saturated rings. The number of furan rings is 1. The molecule has 0 amide bonds. The SMILES string of the molecule is FS(F)(F)(F)(F)c1c2ccccc2c(-c2cccc3c2oc2cccc(-c4c5ccccc5c(S(F)(F)(F)(F)F)c5ccccc45)c23)c2ccccc12. The van der Waals surface area contributed by atoms with Crippen LogP contribution in [0.1, 0.15) is 0 Å². The maximum absolute atomic E-state index is 14.8. The van der Waals surface area contributed by atoms with E-state index in [1.807, 2.05) is 0 Å². The van der Waals surface area contributed by atoms with Crippen molar-refractivity contribution in [3.05, 3.63) is 133 Å². The highest BCUT2D eigenvalue weighted by Gasteiger charge is 2.68. The molecule has 0 unspecified atom stereocenters. The quantitative estimate of drug-likeness (QED) is 0.128. The fourth-order valence-electron chi connectivity index (χ4n) is 7.84. The zero-order valence-electron chi connectivity index (χ0n) is 26.7. The van der Waals surface area contributed by atoms with Gasteiger partial charge >= 0.3 is 20.4 Å². The Bertz CT molecular complexity index is 2970. The van der Waals surface area contributed by atoms with E-state index in [0.717, 1.165) is 24.3 Å². The van der Waals surface area contributed by atoms with Crippen LogP contribution in [0, 0.1) is 0 Å². The lowest BCUT2D eigenvalue weighted by molar-refractivity contribution is 0.363. The number of benzene rings is 8. The molecule has 0 spiro atoms. The normalized spacial score (nSPS) is 15.6. The van der Waals surface area contributed by atoms with Gasteiger partial charge in [-0.1, -0.05) is 166 Å². The Morgan fingerprint density at radius 1 is 0.321 bits per heavy atom. The Morgan fingerprint density at radius 2 is 0.642 bits per heavy atom. The Labute approximate surface area is 293 Å². The third-order valence-corrected chi connectivity index (χ3v) is 12.0. The standard InChI is InChI=1S/C40H22F10OS2/c41-52(42,43,44,45)39-27-15-5-1-11-23(27)35(24-12-2-6-16-28(24)39)31-19-10-22-34-37(31)33-21-9-20-32(38(33)51-34)36-25-13-3-7-17-29(25)40(53(46,47,48,49)50)30-18-8-4-14-26(30)36/h1-22H. The fraction of sp³-hybridized carbons (Fsp3) is 0. The summed E-state index contributed by atoms with van der Waals surface area (Å²) in [7, 11) is -20.5. The van der Waals surface area contributed by atoms with Gasteiger partial charge in [-0.2, -0.15) is 0 Å². The molecular formula is C40H22F10OS2. The van der Waals surface area contributed by atoms with Crippen LogP contribution in [0.3, 0.4) is 0 Å². The average molecular weight is 773 g/mol. The lowest BCUT2D eigenvalue weighted by Gasteiger charge is -2.42. The minimum atomic E-state index is -10.3. The third kappa shape index (κ3) is 5.12. The fourth-order valence-corrected chi connectivity index (χ4v) is 10.2. The van der Waals surface area contributed by atoms with E-state index in [9.17, 15) is 38.9 Å². The van der Waals surface area contributed by atoms with Crippen molar-refractivity contribution in [3.8, 4) is 22.3 Å². The van der Waals surface area contributed by atoms with Gasteiger partial charge in [-0.25, -0.2) is 0 Å². The highest BCUT2D eigenvalue weighted by Crippen LogP contribution is 3.04. The van der Waals surface area contributed by atoms with Crippen molar-refractivity contribution in [1.29, 1.82) is 0 Å². The molecule has 0 atom stereocenters. The molecule has 1 nitrogen and oxygen atoms in total. The predicted octanol–water partition coefficient (Wildman–Crippen LogP) is 16.8. The van der Waals surface area contributed by atoms with E-state index >= 15 is 0 Å². The van der Waals surface area contributed by atoms with Gasteiger partial charge < -0.3 is 4.42 Å². The van der Waals surface area contributed by atoms with E-state index in [2.05, 4.69) is 0 Å². The summed E-state index contributed by atoms with van der Waals surface area (Å²) in [5.74, 6) is 0. The molecular weight excluding hydrogens is 751 g/mol. The van der Waals surface area contributed by atoms with Crippen LogP contribution in [0.15, 0.2) is 148 Å². The maximum Gasteiger partial charge on any atom is 0.311 e. The highest BCUT2D eigenvalue weighted by molar-refractivity contribution is 8.46. The van der Waals surface area contributed by atoms with Crippen molar-refractivity contribution < 1.29 is 43.3 Å². The minimum Gasteiger partial charge on any atom is -0.455 e. The second-order valence-corrected chi connectivity index (χ2v) is 17.7. The van der Waals surface area contributed by atoms with Crippen LogP contribution >= 0.6 is 20.4 Å². The molecule has 8 aromatic carbocycles. The van der Waals surface area contributed by atoms with Gasteiger partial charge in [0.05, 0.1) is 0 Å². The Morgan fingerprint density at radius 3 is 1.04 bits per heavy atom. The first-order chi connectivity index (χ1) is 24.6. The molecule has 1 heterocycles. The van der Waals surface area contributed by atoms with Crippen LogP contribution in [0.4, 0.5) is 38.9 Å². The topological polar surface area (TPSA) is 13.1 Å². The van der Waals surface area contributed by atoms with E-state index in [0.29, 0.717) is 16.3 Å². The summed E-state index contributed by atoms with van der Waals surface area (Å²) in [5.41, 5.74) is 1.47. The molecule has 1 aromatic heterocycles. The van der Waals surface area contributed by atoms with Crippen molar-refractivity contribution in [1.82, 2.24) is 0 Å². The molecule has 270 valence electrons. The molecule has 0 N–H and O–H groups in total. The van der Waals surface area contributed by atoms with Gasteiger partial charge in [-0.3, -0.25) is 0 Å². The van der Waals surface area contributed by atoms with E-state index in [1.54, 1.807) is 36.4 Å². The van der Waals surface area contributed by atoms with Gasteiger partial charge in [0.1, 0.15) is 21.0 Å². The molecule has 9 rings (SSSR count). The summed E-state index contributed by atoms with van der Waals surface area (Å²) in [5, 5.41) is -2.35. The molecule has 0 saturated carbocycles. The summed E-state index contributed by atoms with van der Waals surface area (Å²) in [6.45, 7) is 0. The Hall–Kier alpha value is -5.40. The monoisotopic (exact) mass is 772 g/mol. The van der Waals surface area contributed by atoms with E-state index in [1.165, 1.54) is 72.8 Å². The van der Waals surface area contributed by atoms with Crippen molar-refractivity contribution in [2.75, 3.05) is 0 Å². The van der Waals surface area contributed by atoms with Crippen LogP contribution in [-0.2, 0) is 0 Å². The number of hydrogen-bond donors (Lipinski definition) is 0. The summed E-state index contributed by atoms with van der Waals surface area (Å²) >= 11 is 0. The molecule has 0 aliphatic heterocycles. The summed E-state index contributed by atoms with van der Waals surface area (Å²) in [6, 6.07) is 29.8. The number of para-hydroxylation sites is 1. The lowest BCUT2D eigenvalue weighted by Crippen LogP contribution is -2.08. The van der Waals surface area contributed by atoms with E-state index in [4.69, 9.17) is 4.42 Å². The largest absolute Gasteiger partial charge is 0.455 e. The zero-order chi connectivity index (χ0) is 37.5. The second kappa shape index (κ2) is 9.39. The third-order valence-electron chi connectivity index (χ3n) is 9.60. The minimum absolute atomic E-state index is 0.0870. The number of rotatable bonds is 4. The van der Waals surface area contributed by atoms with E-state index in [-0.39, 0.29) is 49.4 Å². The van der Waals surface area contributed by atoms with Gasteiger partial charge in [0.2, 0.25) is 0 Å². The van der Waals surface area contributed by atoms with Gasteiger partial charge in [-0.05, 0) is 38.7 Å². The average Bonchev–Trinajstić information content (AvgIpc) is 3.46. The van der Waals surface area contributed by atoms with Gasteiger partial charge in [-0.15, -0.1) is 0 Å². The maximum atomic E-state index is 14.8. The predicted molar refractivity (Wildman–Crippen MR) is 197 cm³/mol. The first kappa shape index (κ1) is 33.4. The molecule has 0 radical (unpaired) electrons. The van der Waals surface area contributed by atoms with Gasteiger partial charge in [0.25, 0.3) is 0 Å². The molecule has 0 bridgehead atoms. The van der Waals surface area contributed by atoms with E-state index < -0.39 is 51.8 Å². The first-order valence-corrected chi connectivity index (χ1v) is 19.8. The number of fused-ring (bicyclic) bond motifs is 7. The van der Waals surface area contributed by atoms with Crippen LogP contribution in [0.25, 0.3) is 87.3 Å². The molecule has 0 aliphatic rings. The lowest BCUT2D eigenvalue weighted by atomic mass is 9.88. The summed E-state index contributed by atoms with van der Waals surface area (Å²) in [6.07, 6.45) is 0. The highest BCUT2D eigenvalue weighted by atomic mass is 32.5. The van der Waals surface area contributed by atoms with Crippen molar-refractivity contribution in [3.63, 3.8) is 0 Å². The van der Waals surface area contributed by atoms with Gasteiger partial charge in [0, 0.05) is 43.4 Å². The second-order valence-electron chi connectivity index (χ2n) is 13.0. The van der Waals surface area contributed by atoms with Crippen molar-refractivity contribution >= 4 is 85.5 Å². The van der Waals surface area contributed by atoms with Crippen LogP contribution < -0.4 is 0 Å². The molecule has 13 heteroatoms. The Kier molecular flexibility index (Phi) is 5.92. The molecule has 0 saturated heterocycles. The van der Waals surface area contributed by atoms with Crippen LogP contribution in [-0.4, -0.2) is 0 Å². The Balaban J connectivity index is 1.43. The number of halogens is 10. The first-order valence-electron chi connectivity index (χ1n) is 15.9. The molecule has 9 aromatic rings. The molecule has 0 aliphatic carbocycles. The number of hydrogen-bond acceptors (Lipinski definition) is 1. The zero-order valence-corrected chi connectivity index (χ0v) is 28.3. The van der Waals surface area contributed by atoms with Crippen LogP contribution in [0.2, 0.25) is 0 Å². The summed E-state index contributed by atoms with van der Waals surface area (Å²) in [4.78, 5) is -3.98.